The number of hydrogen-bond donors (Lipinski definition) is 2. The standard InChI is InChI=1S/C9H17NO4/c11-3-5-14-4-1-2-10-7-8(12)6-9(10)13/h8,11-12H,1-7H2. The van der Waals surface area contributed by atoms with E-state index in [4.69, 9.17) is 9.84 Å². The predicted octanol–water partition coefficient (Wildman–Crippen LogP) is -1.02. The highest BCUT2D eigenvalue weighted by Crippen LogP contribution is 2.10. The number of hydrogen-bond acceptors (Lipinski definition) is 4. The molecule has 1 rings (SSSR count). The van der Waals surface area contributed by atoms with Gasteiger partial charge in [0, 0.05) is 19.7 Å². The molecule has 0 radical (unpaired) electrons. The van der Waals surface area contributed by atoms with Crippen LogP contribution in [0.15, 0.2) is 0 Å². The molecule has 1 heterocycles. The molecule has 14 heavy (non-hydrogen) atoms. The SMILES string of the molecule is O=C1CC(O)CN1CCCOCCO. The number of carbonyl (C=O) groups is 1. The van der Waals surface area contributed by atoms with Crippen LogP contribution >= 0.6 is 0 Å². The zero-order valence-electron chi connectivity index (χ0n) is 8.19. The lowest BCUT2D eigenvalue weighted by Gasteiger charge is -2.15. The van der Waals surface area contributed by atoms with Gasteiger partial charge in [-0.05, 0) is 6.42 Å². The van der Waals surface area contributed by atoms with Crippen molar-refractivity contribution in [1.29, 1.82) is 0 Å². The normalized spacial score (nSPS) is 22.0. The molecule has 1 amide bonds. The van der Waals surface area contributed by atoms with Gasteiger partial charge in [0.25, 0.3) is 0 Å². The highest BCUT2D eigenvalue weighted by atomic mass is 16.5. The summed E-state index contributed by atoms with van der Waals surface area (Å²) in [4.78, 5) is 12.8. The molecule has 0 saturated carbocycles. The summed E-state index contributed by atoms with van der Waals surface area (Å²) in [6, 6.07) is 0. The van der Waals surface area contributed by atoms with E-state index in [1.807, 2.05) is 0 Å². The Morgan fingerprint density at radius 2 is 2.29 bits per heavy atom. The second-order valence-corrected chi connectivity index (χ2v) is 3.39. The Balaban J connectivity index is 2.04. The molecule has 0 bridgehead atoms. The third-order valence-electron chi connectivity index (χ3n) is 2.15. The minimum absolute atomic E-state index is 0.0136. The van der Waals surface area contributed by atoms with Crippen LogP contribution in [0.25, 0.3) is 0 Å². The number of nitrogens with zero attached hydrogens (tertiary/aromatic N) is 1. The number of β-amino-alcohol motifs (C(OH)–C–C–N with tert-alkyl or cyclic N) is 1. The molecule has 5 nitrogen and oxygen atoms in total. The predicted molar refractivity (Wildman–Crippen MR) is 49.7 cm³/mol. The summed E-state index contributed by atoms with van der Waals surface area (Å²) >= 11 is 0. The van der Waals surface area contributed by atoms with Gasteiger partial charge in [-0.1, -0.05) is 0 Å². The van der Waals surface area contributed by atoms with Gasteiger partial charge < -0.3 is 19.8 Å². The number of rotatable bonds is 6. The van der Waals surface area contributed by atoms with Crippen molar-refractivity contribution in [2.75, 3.05) is 32.9 Å². The Morgan fingerprint density at radius 1 is 1.50 bits per heavy atom. The summed E-state index contributed by atoms with van der Waals surface area (Å²) in [6.07, 6.45) is 0.497. The van der Waals surface area contributed by atoms with Crippen molar-refractivity contribution < 1.29 is 19.7 Å². The average molecular weight is 203 g/mol. The highest BCUT2D eigenvalue weighted by Gasteiger charge is 2.26. The van der Waals surface area contributed by atoms with Crippen molar-refractivity contribution in [3.05, 3.63) is 0 Å². The molecule has 1 aliphatic heterocycles. The third kappa shape index (κ3) is 3.61. The van der Waals surface area contributed by atoms with Gasteiger partial charge in [0.2, 0.25) is 5.91 Å². The second-order valence-electron chi connectivity index (χ2n) is 3.39. The van der Waals surface area contributed by atoms with E-state index in [0.717, 1.165) is 6.42 Å². The first-order chi connectivity index (χ1) is 6.74. The Labute approximate surface area is 83.3 Å². The van der Waals surface area contributed by atoms with Gasteiger partial charge in [0.15, 0.2) is 0 Å². The van der Waals surface area contributed by atoms with Crippen molar-refractivity contribution in [3.8, 4) is 0 Å². The second kappa shape index (κ2) is 5.95. The number of ether oxygens (including phenoxy) is 1. The Morgan fingerprint density at radius 3 is 2.86 bits per heavy atom. The van der Waals surface area contributed by atoms with Crippen LogP contribution in [0.4, 0.5) is 0 Å². The summed E-state index contributed by atoms with van der Waals surface area (Å²) in [6.45, 7) is 1.98. The molecule has 82 valence electrons. The first kappa shape index (κ1) is 11.4. The summed E-state index contributed by atoms with van der Waals surface area (Å²) in [7, 11) is 0. The summed E-state index contributed by atoms with van der Waals surface area (Å²) in [5.74, 6) is 0.0136. The molecule has 1 atom stereocenters. The number of likely N-dealkylation sites (tertiary alicyclic amines) is 1. The van der Waals surface area contributed by atoms with Crippen LogP contribution < -0.4 is 0 Å². The molecule has 1 aliphatic rings. The molecule has 0 aromatic heterocycles. The van der Waals surface area contributed by atoms with Crippen molar-refractivity contribution in [2.45, 2.75) is 18.9 Å². The van der Waals surface area contributed by atoms with Gasteiger partial charge in [-0.3, -0.25) is 4.79 Å². The lowest BCUT2D eigenvalue weighted by molar-refractivity contribution is -0.127. The van der Waals surface area contributed by atoms with Crippen LogP contribution in [0.3, 0.4) is 0 Å². The van der Waals surface area contributed by atoms with E-state index in [1.165, 1.54) is 0 Å². The van der Waals surface area contributed by atoms with Gasteiger partial charge in [0.1, 0.15) is 0 Å². The van der Waals surface area contributed by atoms with Gasteiger partial charge in [-0.15, -0.1) is 0 Å². The Hall–Kier alpha value is -0.650. The summed E-state index contributed by atoms with van der Waals surface area (Å²) in [5, 5.41) is 17.6. The van der Waals surface area contributed by atoms with Crippen LogP contribution in [-0.2, 0) is 9.53 Å². The molecule has 1 fully saturated rings. The topological polar surface area (TPSA) is 70.0 Å². The fourth-order valence-corrected chi connectivity index (χ4v) is 1.49. The van der Waals surface area contributed by atoms with Crippen LogP contribution in [0.5, 0.6) is 0 Å². The van der Waals surface area contributed by atoms with Gasteiger partial charge in [-0.2, -0.15) is 0 Å². The smallest absolute Gasteiger partial charge is 0.225 e. The van der Waals surface area contributed by atoms with Crippen LogP contribution in [-0.4, -0.2) is 60.0 Å². The van der Waals surface area contributed by atoms with E-state index in [-0.39, 0.29) is 18.9 Å². The van der Waals surface area contributed by atoms with Crippen LogP contribution in [0, 0.1) is 0 Å². The highest BCUT2D eigenvalue weighted by molar-refractivity contribution is 5.78. The molecule has 0 aromatic rings. The maximum atomic E-state index is 11.2. The Bertz CT molecular complexity index is 186. The van der Waals surface area contributed by atoms with Crippen molar-refractivity contribution in [1.82, 2.24) is 4.90 Å². The van der Waals surface area contributed by atoms with Crippen LogP contribution in [0.1, 0.15) is 12.8 Å². The van der Waals surface area contributed by atoms with Gasteiger partial charge in [-0.25, -0.2) is 0 Å². The minimum atomic E-state index is -0.499. The van der Waals surface area contributed by atoms with E-state index < -0.39 is 6.10 Å². The monoisotopic (exact) mass is 203 g/mol. The summed E-state index contributed by atoms with van der Waals surface area (Å²) < 4.78 is 5.05. The zero-order chi connectivity index (χ0) is 10.4. The van der Waals surface area contributed by atoms with E-state index >= 15 is 0 Å². The maximum Gasteiger partial charge on any atom is 0.225 e. The minimum Gasteiger partial charge on any atom is -0.394 e. The quantitative estimate of drug-likeness (QED) is 0.542. The molecular formula is C9H17NO4. The number of carbonyl (C=O) groups excluding carboxylic acids is 1. The molecule has 2 N–H and O–H groups in total. The fourth-order valence-electron chi connectivity index (χ4n) is 1.49. The van der Waals surface area contributed by atoms with E-state index in [2.05, 4.69) is 0 Å². The zero-order valence-corrected chi connectivity index (χ0v) is 8.19. The lowest BCUT2D eigenvalue weighted by atomic mass is 10.3. The first-order valence-electron chi connectivity index (χ1n) is 4.88. The van der Waals surface area contributed by atoms with E-state index in [9.17, 15) is 9.90 Å². The van der Waals surface area contributed by atoms with Crippen molar-refractivity contribution in [2.24, 2.45) is 0 Å². The maximum absolute atomic E-state index is 11.2. The number of aliphatic hydroxyl groups is 2. The first-order valence-corrected chi connectivity index (χ1v) is 4.88. The average Bonchev–Trinajstić information content (AvgIpc) is 2.45. The third-order valence-corrected chi connectivity index (χ3v) is 2.15. The molecule has 0 aromatic carbocycles. The molecular weight excluding hydrogens is 186 g/mol. The number of amides is 1. The van der Waals surface area contributed by atoms with Gasteiger partial charge >= 0.3 is 0 Å². The molecule has 5 heteroatoms. The molecule has 0 aliphatic carbocycles. The molecule has 0 spiro atoms. The van der Waals surface area contributed by atoms with E-state index in [1.54, 1.807) is 4.90 Å². The summed E-state index contributed by atoms with van der Waals surface area (Å²) in [5.41, 5.74) is 0. The molecule has 1 unspecified atom stereocenters. The molecule has 1 saturated heterocycles. The largest absolute Gasteiger partial charge is 0.394 e. The number of aliphatic hydroxyl groups excluding tert-OH is 2. The Kier molecular flexibility index (Phi) is 4.86. The van der Waals surface area contributed by atoms with Crippen molar-refractivity contribution in [3.63, 3.8) is 0 Å². The fraction of sp³-hybridized carbons (Fsp3) is 0.889. The van der Waals surface area contributed by atoms with Crippen molar-refractivity contribution >= 4 is 5.91 Å². The van der Waals surface area contributed by atoms with Gasteiger partial charge in [0.05, 0.1) is 25.7 Å². The van der Waals surface area contributed by atoms with E-state index in [0.29, 0.717) is 26.3 Å². The lowest BCUT2D eigenvalue weighted by Crippen LogP contribution is -2.27. The van der Waals surface area contributed by atoms with Crippen LogP contribution in [0.2, 0.25) is 0 Å².